The second kappa shape index (κ2) is 6.06. The van der Waals surface area contributed by atoms with Crippen LogP contribution in [-0.4, -0.2) is 17.7 Å². The molecular weight excluding hydrogens is 210 g/mol. The molecule has 94 valence electrons. The predicted octanol–water partition coefficient (Wildman–Crippen LogP) is 3.34. The van der Waals surface area contributed by atoms with Gasteiger partial charge >= 0.3 is 0 Å². The first-order valence-corrected chi connectivity index (χ1v) is 6.81. The van der Waals surface area contributed by atoms with Crippen LogP contribution in [0.3, 0.4) is 0 Å². The number of rotatable bonds is 4. The lowest BCUT2D eigenvalue weighted by Crippen LogP contribution is -2.36. The Bertz CT molecular complexity index is 327. The van der Waals surface area contributed by atoms with E-state index in [9.17, 15) is 0 Å². The first kappa shape index (κ1) is 12.4. The third kappa shape index (κ3) is 3.01. The minimum atomic E-state index is 0.135. The third-order valence-electron chi connectivity index (χ3n) is 3.81. The summed E-state index contributed by atoms with van der Waals surface area (Å²) in [6.45, 7) is 3.44. The first-order valence-electron chi connectivity index (χ1n) is 6.81. The molecule has 2 heteroatoms. The maximum atomic E-state index is 9.06. The van der Waals surface area contributed by atoms with E-state index in [1.807, 2.05) is 12.1 Å². The highest BCUT2D eigenvalue weighted by Gasteiger charge is 2.19. The van der Waals surface area contributed by atoms with Crippen molar-refractivity contribution in [3.8, 4) is 0 Å². The van der Waals surface area contributed by atoms with Crippen LogP contribution in [0.25, 0.3) is 0 Å². The topological polar surface area (TPSA) is 23.5 Å². The zero-order valence-corrected chi connectivity index (χ0v) is 10.7. The van der Waals surface area contributed by atoms with Gasteiger partial charge in [0, 0.05) is 18.3 Å². The Morgan fingerprint density at radius 1 is 1.12 bits per heavy atom. The summed E-state index contributed by atoms with van der Waals surface area (Å²) in [4.78, 5) is 2.51. The van der Waals surface area contributed by atoms with Crippen LogP contribution in [0.4, 0.5) is 5.69 Å². The summed E-state index contributed by atoms with van der Waals surface area (Å²) in [5, 5.41) is 9.06. The molecular formula is C15H23NO. The van der Waals surface area contributed by atoms with Gasteiger partial charge in [0.1, 0.15) is 0 Å². The third-order valence-corrected chi connectivity index (χ3v) is 3.81. The fourth-order valence-corrected chi connectivity index (χ4v) is 2.84. The molecule has 0 bridgehead atoms. The van der Waals surface area contributed by atoms with Crippen LogP contribution in [-0.2, 0) is 6.61 Å². The average molecular weight is 233 g/mol. The zero-order valence-electron chi connectivity index (χ0n) is 10.7. The molecule has 0 unspecified atom stereocenters. The van der Waals surface area contributed by atoms with E-state index >= 15 is 0 Å². The summed E-state index contributed by atoms with van der Waals surface area (Å²) in [6, 6.07) is 9.06. The molecule has 2 rings (SSSR count). The highest BCUT2D eigenvalue weighted by atomic mass is 16.3. The number of aliphatic hydroxyl groups excluding tert-OH is 1. The van der Waals surface area contributed by atoms with Crippen molar-refractivity contribution in [1.29, 1.82) is 0 Å². The number of benzene rings is 1. The van der Waals surface area contributed by atoms with Crippen LogP contribution >= 0.6 is 0 Å². The zero-order chi connectivity index (χ0) is 12.1. The van der Waals surface area contributed by atoms with Crippen molar-refractivity contribution < 1.29 is 5.11 Å². The molecule has 0 aromatic heterocycles. The molecule has 0 aliphatic heterocycles. The molecule has 0 spiro atoms. The smallest absolute Gasteiger partial charge is 0.0681 e. The van der Waals surface area contributed by atoms with E-state index in [0.29, 0.717) is 6.04 Å². The molecule has 1 aromatic rings. The van der Waals surface area contributed by atoms with E-state index < -0.39 is 0 Å². The van der Waals surface area contributed by atoms with Gasteiger partial charge in [-0.15, -0.1) is 0 Å². The monoisotopic (exact) mass is 233 g/mol. The molecule has 1 aliphatic rings. The second-order valence-corrected chi connectivity index (χ2v) is 4.90. The highest BCUT2D eigenvalue weighted by Crippen LogP contribution is 2.27. The maximum Gasteiger partial charge on any atom is 0.0681 e. The Morgan fingerprint density at radius 3 is 2.29 bits per heavy atom. The maximum absolute atomic E-state index is 9.06. The second-order valence-electron chi connectivity index (χ2n) is 4.90. The van der Waals surface area contributed by atoms with Gasteiger partial charge in [-0.2, -0.15) is 0 Å². The lowest BCUT2D eigenvalue weighted by atomic mass is 9.93. The quantitative estimate of drug-likeness (QED) is 0.862. The van der Waals surface area contributed by atoms with Crippen LogP contribution in [0.15, 0.2) is 24.3 Å². The van der Waals surface area contributed by atoms with Gasteiger partial charge in [-0.05, 0) is 37.5 Å². The van der Waals surface area contributed by atoms with Crippen molar-refractivity contribution in [1.82, 2.24) is 0 Å². The molecule has 1 fully saturated rings. The molecule has 2 nitrogen and oxygen atoms in total. The fourth-order valence-electron chi connectivity index (χ4n) is 2.84. The lowest BCUT2D eigenvalue weighted by Gasteiger charge is -2.35. The average Bonchev–Trinajstić information content (AvgIpc) is 2.42. The molecule has 0 heterocycles. The Morgan fingerprint density at radius 2 is 1.76 bits per heavy atom. The van der Waals surface area contributed by atoms with Crippen LogP contribution in [0.1, 0.15) is 44.6 Å². The summed E-state index contributed by atoms with van der Waals surface area (Å²) >= 11 is 0. The molecule has 1 saturated carbocycles. The highest BCUT2D eigenvalue weighted by molar-refractivity contribution is 5.48. The van der Waals surface area contributed by atoms with E-state index in [4.69, 9.17) is 5.11 Å². The van der Waals surface area contributed by atoms with Crippen LogP contribution in [0.2, 0.25) is 0 Å². The van der Waals surface area contributed by atoms with Gasteiger partial charge in [-0.1, -0.05) is 31.4 Å². The summed E-state index contributed by atoms with van der Waals surface area (Å²) in [6.07, 6.45) is 6.80. The summed E-state index contributed by atoms with van der Waals surface area (Å²) in [7, 11) is 0. The Kier molecular flexibility index (Phi) is 4.43. The summed E-state index contributed by atoms with van der Waals surface area (Å²) in [5.74, 6) is 0. The molecule has 0 saturated heterocycles. The van der Waals surface area contributed by atoms with E-state index in [1.54, 1.807) is 0 Å². The standard InChI is InChI=1S/C15H23NO/c1-2-16(14-6-4-3-5-7-14)15-10-8-13(12-17)9-11-15/h8-11,14,17H,2-7,12H2,1H3. The van der Waals surface area contributed by atoms with Crippen LogP contribution in [0.5, 0.6) is 0 Å². The molecule has 1 N–H and O–H groups in total. The normalized spacial score (nSPS) is 17.1. The molecule has 1 aliphatic carbocycles. The number of anilines is 1. The molecule has 0 radical (unpaired) electrons. The van der Waals surface area contributed by atoms with Crippen molar-refractivity contribution in [3.63, 3.8) is 0 Å². The van der Waals surface area contributed by atoms with Gasteiger partial charge in [-0.3, -0.25) is 0 Å². The largest absolute Gasteiger partial charge is 0.392 e. The predicted molar refractivity (Wildman–Crippen MR) is 72.3 cm³/mol. The van der Waals surface area contributed by atoms with Crippen LogP contribution < -0.4 is 4.90 Å². The molecule has 0 amide bonds. The van der Waals surface area contributed by atoms with Crippen molar-refractivity contribution >= 4 is 5.69 Å². The van der Waals surface area contributed by atoms with Gasteiger partial charge in [-0.25, -0.2) is 0 Å². The van der Waals surface area contributed by atoms with Gasteiger partial charge in [0.05, 0.1) is 6.61 Å². The molecule has 0 atom stereocenters. The summed E-state index contributed by atoms with van der Waals surface area (Å²) < 4.78 is 0. The van der Waals surface area contributed by atoms with Gasteiger partial charge in [0.2, 0.25) is 0 Å². The van der Waals surface area contributed by atoms with Crippen molar-refractivity contribution in [2.24, 2.45) is 0 Å². The number of hydrogen-bond acceptors (Lipinski definition) is 2. The van der Waals surface area contributed by atoms with Gasteiger partial charge in [0.15, 0.2) is 0 Å². The van der Waals surface area contributed by atoms with Crippen molar-refractivity contribution in [2.45, 2.75) is 51.7 Å². The molecule has 17 heavy (non-hydrogen) atoms. The fraction of sp³-hybridized carbons (Fsp3) is 0.600. The summed E-state index contributed by atoms with van der Waals surface area (Å²) in [5.41, 5.74) is 2.30. The first-order chi connectivity index (χ1) is 8.35. The Labute approximate surface area is 104 Å². The Balaban J connectivity index is 2.10. The van der Waals surface area contributed by atoms with Crippen LogP contribution in [0, 0.1) is 0 Å². The number of hydrogen-bond donors (Lipinski definition) is 1. The van der Waals surface area contributed by atoms with E-state index in [-0.39, 0.29) is 6.61 Å². The van der Waals surface area contributed by atoms with E-state index in [1.165, 1.54) is 37.8 Å². The van der Waals surface area contributed by atoms with Gasteiger partial charge in [0.25, 0.3) is 0 Å². The molecule has 1 aromatic carbocycles. The SMILES string of the molecule is CCN(c1ccc(CO)cc1)C1CCCCC1. The number of nitrogens with zero attached hydrogens (tertiary/aromatic N) is 1. The Hall–Kier alpha value is -1.02. The van der Waals surface area contributed by atoms with Crippen molar-refractivity contribution in [3.05, 3.63) is 29.8 Å². The van der Waals surface area contributed by atoms with E-state index in [0.717, 1.165) is 12.1 Å². The minimum absolute atomic E-state index is 0.135. The lowest BCUT2D eigenvalue weighted by molar-refractivity contribution is 0.282. The minimum Gasteiger partial charge on any atom is -0.392 e. The van der Waals surface area contributed by atoms with Gasteiger partial charge < -0.3 is 10.0 Å². The number of aliphatic hydroxyl groups is 1. The van der Waals surface area contributed by atoms with Crippen molar-refractivity contribution in [2.75, 3.05) is 11.4 Å². The van der Waals surface area contributed by atoms with E-state index in [2.05, 4.69) is 24.0 Å².